The molecule has 0 radical (unpaired) electrons. The quantitative estimate of drug-likeness (QED) is 0.582. The number of rotatable bonds is 3. The Kier molecular flexibility index (Phi) is 4.20. The van der Waals surface area contributed by atoms with Crippen molar-refractivity contribution < 1.29 is 5.11 Å². The second kappa shape index (κ2) is 5.43. The van der Waals surface area contributed by atoms with Crippen LogP contribution >= 0.6 is 0 Å². The summed E-state index contributed by atoms with van der Waals surface area (Å²) in [6.07, 6.45) is 0. The van der Waals surface area contributed by atoms with E-state index in [2.05, 4.69) is 17.2 Å². The molecule has 0 saturated carbocycles. The Morgan fingerprint density at radius 2 is 1.93 bits per heavy atom. The smallest absolute Gasteiger partial charge is 0.120 e. The van der Waals surface area contributed by atoms with Gasteiger partial charge in [0.1, 0.15) is 5.75 Å². The van der Waals surface area contributed by atoms with Crippen molar-refractivity contribution in [2.75, 3.05) is 6.54 Å². The molecule has 1 rings (SSSR count). The molecule has 0 saturated heterocycles. The Morgan fingerprint density at radius 3 is 2.60 bits per heavy atom. The maximum atomic E-state index is 9.70. The molecule has 2 heteroatoms. The zero-order chi connectivity index (χ0) is 11.3. The van der Waals surface area contributed by atoms with Gasteiger partial charge < -0.3 is 10.4 Å². The second-order valence-corrected chi connectivity index (χ2v) is 3.60. The lowest BCUT2D eigenvalue weighted by atomic mass is 10.1. The highest BCUT2D eigenvalue weighted by atomic mass is 16.3. The molecule has 80 valence electrons. The Morgan fingerprint density at radius 1 is 1.27 bits per heavy atom. The molecule has 0 atom stereocenters. The first-order valence-electron chi connectivity index (χ1n) is 5.04. The lowest BCUT2D eigenvalue weighted by Crippen LogP contribution is -2.13. The van der Waals surface area contributed by atoms with E-state index in [0.717, 1.165) is 11.1 Å². The lowest BCUT2D eigenvalue weighted by molar-refractivity contribution is 0.465. The summed E-state index contributed by atoms with van der Waals surface area (Å²) in [5, 5.41) is 12.9. The van der Waals surface area contributed by atoms with E-state index in [1.165, 1.54) is 5.56 Å². The van der Waals surface area contributed by atoms with Gasteiger partial charge in [-0.15, -0.1) is 5.92 Å². The summed E-state index contributed by atoms with van der Waals surface area (Å²) in [4.78, 5) is 0. The molecule has 0 aliphatic heterocycles. The van der Waals surface area contributed by atoms with E-state index in [0.29, 0.717) is 18.8 Å². The van der Waals surface area contributed by atoms with Gasteiger partial charge in [-0.3, -0.25) is 0 Å². The summed E-state index contributed by atoms with van der Waals surface area (Å²) in [5.41, 5.74) is 3.24. The molecule has 0 aromatic heterocycles. The summed E-state index contributed by atoms with van der Waals surface area (Å²) in [7, 11) is 0. The van der Waals surface area contributed by atoms with Gasteiger partial charge in [-0.25, -0.2) is 0 Å². The van der Waals surface area contributed by atoms with Crippen LogP contribution in [0, 0.1) is 25.7 Å². The Labute approximate surface area is 91.3 Å². The van der Waals surface area contributed by atoms with Crippen molar-refractivity contribution in [1.82, 2.24) is 5.32 Å². The molecule has 0 aliphatic rings. The van der Waals surface area contributed by atoms with Crippen molar-refractivity contribution in [3.63, 3.8) is 0 Å². The van der Waals surface area contributed by atoms with E-state index in [-0.39, 0.29) is 0 Å². The number of benzene rings is 1. The lowest BCUT2D eigenvalue weighted by Gasteiger charge is -2.08. The highest BCUT2D eigenvalue weighted by molar-refractivity contribution is 5.40. The molecule has 15 heavy (non-hydrogen) atoms. The van der Waals surface area contributed by atoms with Gasteiger partial charge in [0.25, 0.3) is 0 Å². The van der Waals surface area contributed by atoms with Crippen LogP contribution in [-0.2, 0) is 6.54 Å². The topological polar surface area (TPSA) is 32.3 Å². The highest BCUT2D eigenvalue weighted by Gasteiger charge is 2.02. The largest absolute Gasteiger partial charge is 0.508 e. The minimum absolute atomic E-state index is 0.357. The highest BCUT2D eigenvalue weighted by Crippen LogP contribution is 2.21. The SMILES string of the molecule is CC#CCNCc1cc(C)c(C)cc1O. The van der Waals surface area contributed by atoms with Crippen molar-refractivity contribution in [3.8, 4) is 17.6 Å². The third kappa shape index (κ3) is 3.30. The molecule has 0 aliphatic carbocycles. The normalized spacial score (nSPS) is 9.53. The zero-order valence-electron chi connectivity index (χ0n) is 9.52. The first kappa shape index (κ1) is 11.6. The van der Waals surface area contributed by atoms with Gasteiger partial charge in [-0.1, -0.05) is 12.0 Å². The van der Waals surface area contributed by atoms with Crippen molar-refractivity contribution in [2.45, 2.75) is 27.3 Å². The number of aryl methyl sites for hydroxylation is 2. The van der Waals surface area contributed by atoms with E-state index in [1.807, 2.05) is 26.8 Å². The molecule has 0 amide bonds. The minimum Gasteiger partial charge on any atom is -0.508 e. The molecular formula is C13H17NO. The molecule has 2 nitrogen and oxygen atoms in total. The fourth-order valence-corrected chi connectivity index (χ4v) is 1.35. The average Bonchev–Trinajstić information content (AvgIpc) is 2.20. The van der Waals surface area contributed by atoms with Crippen LogP contribution in [0.1, 0.15) is 23.6 Å². The first-order valence-corrected chi connectivity index (χ1v) is 5.04. The molecule has 1 aromatic rings. The monoisotopic (exact) mass is 203 g/mol. The van der Waals surface area contributed by atoms with Crippen molar-refractivity contribution in [3.05, 3.63) is 28.8 Å². The molecule has 0 unspecified atom stereocenters. The minimum atomic E-state index is 0.357. The van der Waals surface area contributed by atoms with Crippen LogP contribution < -0.4 is 5.32 Å². The first-order chi connectivity index (χ1) is 7.15. The average molecular weight is 203 g/mol. The second-order valence-electron chi connectivity index (χ2n) is 3.60. The van der Waals surface area contributed by atoms with E-state index in [1.54, 1.807) is 6.07 Å². The van der Waals surface area contributed by atoms with Gasteiger partial charge in [-0.05, 0) is 38.0 Å². The predicted octanol–water partition coefficient (Wildman–Crippen LogP) is 2.12. The van der Waals surface area contributed by atoms with Crippen LogP contribution in [0.5, 0.6) is 5.75 Å². The van der Waals surface area contributed by atoms with E-state index in [9.17, 15) is 5.11 Å². The number of aromatic hydroxyl groups is 1. The zero-order valence-corrected chi connectivity index (χ0v) is 9.52. The van der Waals surface area contributed by atoms with Gasteiger partial charge in [0.15, 0.2) is 0 Å². The molecular weight excluding hydrogens is 186 g/mol. The summed E-state index contributed by atoms with van der Waals surface area (Å²) in [6, 6.07) is 3.81. The molecule has 0 spiro atoms. The molecule has 0 heterocycles. The molecule has 2 N–H and O–H groups in total. The van der Waals surface area contributed by atoms with Gasteiger partial charge in [0, 0.05) is 12.1 Å². The number of phenolic OH excluding ortho intramolecular Hbond substituents is 1. The Bertz CT molecular complexity index is 399. The maximum Gasteiger partial charge on any atom is 0.120 e. The number of nitrogens with one attached hydrogen (secondary N) is 1. The van der Waals surface area contributed by atoms with Crippen LogP contribution in [0.4, 0.5) is 0 Å². The third-order valence-electron chi connectivity index (χ3n) is 2.40. The standard InChI is InChI=1S/C13H17NO/c1-4-5-6-14-9-12-7-10(2)11(3)8-13(12)15/h7-8,14-15H,6,9H2,1-3H3. The summed E-state index contributed by atoms with van der Waals surface area (Å²) >= 11 is 0. The Balaban J connectivity index is 2.67. The van der Waals surface area contributed by atoms with E-state index < -0.39 is 0 Å². The maximum absolute atomic E-state index is 9.70. The van der Waals surface area contributed by atoms with Crippen molar-refractivity contribution in [1.29, 1.82) is 0 Å². The number of hydrogen-bond donors (Lipinski definition) is 2. The van der Waals surface area contributed by atoms with Crippen LogP contribution in [-0.4, -0.2) is 11.7 Å². The molecule has 0 fully saturated rings. The van der Waals surface area contributed by atoms with Crippen molar-refractivity contribution in [2.24, 2.45) is 0 Å². The van der Waals surface area contributed by atoms with Crippen LogP contribution in [0.3, 0.4) is 0 Å². The van der Waals surface area contributed by atoms with Gasteiger partial charge in [0.2, 0.25) is 0 Å². The van der Waals surface area contributed by atoms with E-state index >= 15 is 0 Å². The summed E-state index contributed by atoms with van der Waals surface area (Å²) < 4.78 is 0. The molecule has 1 aromatic carbocycles. The van der Waals surface area contributed by atoms with Gasteiger partial charge in [-0.2, -0.15) is 0 Å². The van der Waals surface area contributed by atoms with Gasteiger partial charge in [0.05, 0.1) is 6.54 Å². The Hall–Kier alpha value is -1.46. The molecule has 0 bridgehead atoms. The van der Waals surface area contributed by atoms with E-state index in [4.69, 9.17) is 0 Å². The number of hydrogen-bond acceptors (Lipinski definition) is 2. The fraction of sp³-hybridized carbons (Fsp3) is 0.385. The van der Waals surface area contributed by atoms with Crippen LogP contribution in [0.15, 0.2) is 12.1 Å². The fourth-order valence-electron chi connectivity index (χ4n) is 1.35. The van der Waals surface area contributed by atoms with Crippen LogP contribution in [0.25, 0.3) is 0 Å². The van der Waals surface area contributed by atoms with Crippen molar-refractivity contribution >= 4 is 0 Å². The summed E-state index contributed by atoms with van der Waals surface area (Å²) in [5.74, 6) is 6.09. The number of phenols is 1. The third-order valence-corrected chi connectivity index (χ3v) is 2.40. The van der Waals surface area contributed by atoms with Crippen LogP contribution in [0.2, 0.25) is 0 Å². The van der Waals surface area contributed by atoms with Gasteiger partial charge >= 0.3 is 0 Å². The predicted molar refractivity (Wildman–Crippen MR) is 62.7 cm³/mol. The summed E-state index contributed by atoms with van der Waals surface area (Å²) in [6.45, 7) is 7.17.